The van der Waals surface area contributed by atoms with E-state index in [1.165, 1.54) is 64.2 Å². The molecule has 2 aliphatic carbocycles. The first kappa shape index (κ1) is 21.0. The van der Waals surface area contributed by atoms with Crippen LogP contribution in [0.2, 0.25) is 0 Å². The van der Waals surface area contributed by atoms with Gasteiger partial charge in [-0.2, -0.15) is 0 Å². The molecule has 23 heavy (non-hydrogen) atoms. The SMILES string of the molecule is Cl.NC(CSSCC(N)=NC1CCCCC1)=NC1CCCCC1. The molecule has 0 aromatic rings. The van der Waals surface area contributed by atoms with Gasteiger partial charge < -0.3 is 11.5 Å². The van der Waals surface area contributed by atoms with Gasteiger partial charge in [0, 0.05) is 0 Å². The van der Waals surface area contributed by atoms with Crippen LogP contribution in [0.5, 0.6) is 0 Å². The molecule has 0 amide bonds. The fourth-order valence-corrected chi connectivity index (χ4v) is 4.95. The first-order valence-corrected chi connectivity index (χ1v) is 11.1. The molecule has 2 aliphatic rings. The summed E-state index contributed by atoms with van der Waals surface area (Å²) in [6, 6.07) is 0.939. The van der Waals surface area contributed by atoms with E-state index in [9.17, 15) is 0 Å². The smallest absolute Gasteiger partial charge is 0.105 e. The van der Waals surface area contributed by atoms with Crippen molar-refractivity contribution in [3.8, 4) is 0 Å². The molecule has 2 saturated carbocycles. The zero-order valence-electron chi connectivity index (χ0n) is 13.9. The number of nitrogens with two attached hydrogens (primary N) is 2. The van der Waals surface area contributed by atoms with E-state index in [2.05, 4.69) is 9.98 Å². The minimum atomic E-state index is 0. The summed E-state index contributed by atoms with van der Waals surface area (Å²) < 4.78 is 0. The van der Waals surface area contributed by atoms with E-state index < -0.39 is 0 Å². The average Bonchev–Trinajstić information content (AvgIpc) is 2.53. The van der Waals surface area contributed by atoms with Crippen molar-refractivity contribution in [3.05, 3.63) is 0 Å². The highest BCUT2D eigenvalue weighted by molar-refractivity contribution is 8.77. The summed E-state index contributed by atoms with van der Waals surface area (Å²) in [5, 5.41) is 0. The van der Waals surface area contributed by atoms with E-state index >= 15 is 0 Å². The zero-order chi connectivity index (χ0) is 15.6. The summed E-state index contributed by atoms with van der Waals surface area (Å²) in [4.78, 5) is 9.29. The van der Waals surface area contributed by atoms with Gasteiger partial charge in [-0.25, -0.2) is 0 Å². The monoisotopic (exact) mass is 378 g/mol. The topological polar surface area (TPSA) is 76.8 Å². The van der Waals surface area contributed by atoms with Crippen molar-refractivity contribution in [2.75, 3.05) is 11.5 Å². The lowest BCUT2D eigenvalue weighted by atomic mass is 9.96. The maximum absolute atomic E-state index is 6.03. The molecule has 134 valence electrons. The Bertz CT molecular complexity index is 342. The van der Waals surface area contributed by atoms with Crippen molar-refractivity contribution in [1.29, 1.82) is 0 Å². The van der Waals surface area contributed by atoms with Gasteiger partial charge in [-0.3, -0.25) is 9.98 Å². The molecule has 7 heteroatoms. The molecule has 0 aromatic carbocycles. The molecule has 4 N–H and O–H groups in total. The van der Waals surface area contributed by atoms with Crippen molar-refractivity contribution in [2.45, 2.75) is 76.3 Å². The van der Waals surface area contributed by atoms with Gasteiger partial charge >= 0.3 is 0 Å². The standard InChI is InChI=1S/C16H30N4S2.ClH/c17-15(19-13-7-3-1-4-8-13)11-21-22-12-16(18)20-14-9-5-2-6-10-14;/h13-14H,1-12H2,(H2,17,19)(H2,18,20);1H. The predicted molar refractivity (Wildman–Crippen MR) is 109 cm³/mol. The van der Waals surface area contributed by atoms with Crippen LogP contribution in [0.1, 0.15) is 64.2 Å². The van der Waals surface area contributed by atoms with Crippen LogP contribution < -0.4 is 11.5 Å². The number of hydrogen-bond donors (Lipinski definition) is 2. The second-order valence-electron chi connectivity index (χ2n) is 6.35. The lowest BCUT2D eigenvalue weighted by Crippen LogP contribution is -2.21. The molecule has 0 saturated heterocycles. The van der Waals surface area contributed by atoms with Gasteiger partial charge in [0.25, 0.3) is 0 Å². The molecule has 0 atom stereocenters. The highest BCUT2D eigenvalue weighted by Gasteiger charge is 2.13. The minimum absolute atomic E-state index is 0. The van der Waals surface area contributed by atoms with E-state index in [1.807, 2.05) is 0 Å². The Morgan fingerprint density at radius 3 is 1.39 bits per heavy atom. The molecule has 0 radical (unpaired) electrons. The van der Waals surface area contributed by atoms with Gasteiger partial charge in [-0.05, 0) is 25.7 Å². The molecule has 2 rings (SSSR count). The van der Waals surface area contributed by atoms with Crippen LogP contribution in [0.4, 0.5) is 0 Å². The van der Waals surface area contributed by atoms with Crippen molar-refractivity contribution < 1.29 is 0 Å². The normalized spacial score (nSPS) is 21.9. The quantitative estimate of drug-likeness (QED) is 0.301. The number of rotatable bonds is 7. The van der Waals surface area contributed by atoms with E-state index in [1.54, 1.807) is 21.6 Å². The third kappa shape index (κ3) is 9.11. The summed E-state index contributed by atoms with van der Waals surface area (Å²) in [5.41, 5.74) is 12.1. The van der Waals surface area contributed by atoms with Gasteiger partial charge in [0.15, 0.2) is 0 Å². The highest BCUT2D eigenvalue weighted by Crippen LogP contribution is 2.24. The Balaban J connectivity index is 0.00000264. The summed E-state index contributed by atoms with van der Waals surface area (Å²) in [5.74, 6) is 3.15. The molecule has 0 aliphatic heterocycles. The molecule has 0 bridgehead atoms. The Hall–Kier alpha value is -0.0700. The number of hydrogen-bond acceptors (Lipinski definition) is 4. The molecule has 0 unspecified atom stereocenters. The maximum Gasteiger partial charge on any atom is 0.105 e. The highest BCUT2D eigenvalue weighted by atomic mass is 35.5. The fraction of sp³-hybridized carbons (Fsp3) is 0.875. The van der Waals surface area contributed by atoms with Gasteiger partial charge in [0.05, 0.1) is 23.6 Å². The fourth-order valence-electron chi connectivity index (χ4n) is 3.17. The molecular weight excluding hydrogens is 348 g/mol. The van der Waals surface area contributed by atoms with E-state index in [4.69, 9.17) is 11.5 Å². The average molecular weight is 379 g/mol. The number of halogens is 1. The third-order valence-electron chi connectivity index (χ3n) is 4.34. The predicted octanol–water partition coefficient (Wildman–Crippen LogP) is 4.17. The Labute approximate surface area is 154 Å². The van der Waals surface area contributed by atoms with Crippen LogP contribution in [0.3, 0.4) is 0 Å². The molecule has 2 fully saturated rings. The van der Waals surface area contributed by atoms with Crippen LogP contribution in [0, 0.1) is 0 Å². The van der Waals surface area contributed by atoms with E-state index in [0.717, 1.165) is 23.2 Å². The second kappa shape index (κ2) is 12.3. The largest absolute Gasteiger partial charge is 0.387 e. The first-order chi connectivity index (χ1) is 10.7. The van der Waals surface area contributed by atoms with E-state index in [-0.39, 0.29) is 12.4 Å². The number of aliphatic imine (C=N–C) groups is 2. The molecule has 0 aromatic heterocycles. The summed E-state index contributed by atoms with van der Waals surface area (Å²) >= 11 is 0. The third-order valence-corrected chi connectivity index (χ3v) is 6.54. The summed E-state index contributed by atoms with van der Waals surface area (Å²) in [6.45, 7) is 0. The minimum Gasteiger partial charge on any atom is -0.387 e. The second-order valence-corrected chi connectivity index (χ2v) is 8.81. The van der Waals surface area contributed by atoms with Crippen molar-refractivity contribution >= 4 is 45.7 Å². The van der Waals surface area contributed by atoms with Crippen LogP contribution in [-0.4, -0.2) is 35.3 Å². The van der Waals surface area contributed by atoms with E-state index in [0.29, 0.717) is 12.1 Å². The van der Waals surface area contributed by atoms with Crippen LogP contribution in [0.25, 0.3) is 0 Å². The maximum atomic E-state index is 6.03. The summed E-state index contributed by atoms with van der Waals surface area (Å²) in [7, 11) is 3.48. The lowest BCUT2D eigenvalue weighted by molar-refractivity contribution is 0.443. The van der Waals surface area contributed by atoms with Gasteiger partial charge in [-0.1, -0.05) is 60.1 Å². The number of amidine groups is 2. The Morgan fingerprint density at radius 1 is 0.696 bits per heavy atom. The Morgan fingerprint density at radius 2 is 1.04 bits per heavy atom. The molecule has 0 heterocycles. The first-order valence-electron chi connectivity index (χ1n) is 8.63. The van der Waals surface area contributed by atoms with Gasteiger partial charge in [0.1, 0.15) is 11.7 Å². The van der Waals surface area contributed by atoms with Gasteiger partial charge in [0.2, 0.25) is 0 Å². The Kier molecular flexibility index (Phi) is 11.2. The summed E-state index contributed by atoms with van der Waals surface area (Å²) in [6.07, 6.45) is 12.8. The molecular formula is C16H31ClN4S2. The van der Waals surface area contributed by atoms with Crippen LogP contribution in [0.15, 0.2) is 9.98 Å². The van der Waals surface area contributed by atoms with Crippen LogP contribution in [-0.2, 0) is 0 Å². The molecule has 4 nitrogen and oxygen atoms in total. The van der Waals surface area contributed by atoms with Gasteiger partial charge in [-0.15, -0.1) is 12.4 Å². The van der Waals surface area contributed by atoms with Crippen molar-refractivity contribution in [1.82, 2.24) is 0 Å². The van der Waals surface area contributed by atoms with Crippen LogP contribution >= 0.6 is 34.0 Å². The van der Waals surface area contributed by atoms with Crippen molar-refractivity contribution in [3.63, 3.8) is 0 Å². The van der Waals surface area contributed by atoms with Crippen molar-refractivity contribution in [2.24, 2.45) is 21.5 Å². The zero-order valence-corrected chi connectivity index (χ0v) is 16.4. The molecule has 0 spiro atoms. The number of nitrogens with zero attached hydrogens (tertiary/aromatic N) is 2. The lowest BCUT2D eigenvalue weighted by Gasteiger charge is -2.18.